The van der Waals surface area contributed by atoms with Crippen LogP contribution in [0.4, 0.5) is 0 Å². The van der Waals surface area contributed by atoms with E-state index in [-0.39, 0.29) is 17.7 Å². The molecule has 27 heavy (non-hydrogen) atoms. The summed E-state index contributed by atoms with van der Waals surface area (Å²) in [5, 5.41) is 10.1. The monoisotopic (exact) mass is 379 g/mol. The molecule has 0 bridgehead atoms. The molecule has 3 aromatic carbocycles. The lowest BCUT2D eigenvalue weighted by molar-refractivity contribution is -0.165. The number of ether oxygens (including phenoxy) is 1. The molecule has 0 unspecified atom stereocenters. The first-order chi connectivity index (χ1) is 13.1. The third-order valence-electron chi connectivity index (χ3n) is 4.66. The first-order valence-corrected chi connectivity index (χ1v) is 9.05. The molecule has 1 aliphatic heterocycles. The number of likely N-dealkylation sites (tertiary alicyclic amines) is 1. The van der Waals surface area contributed by atoms with E-state index < -0.39 is 6.10 Å². The number of phenols is 1. The summed E-state index contributed by atoms with van der Waals surface area (Å²) in [5.41, 5.74) is 2.03. The van der Waals surface area contributed by atoms with Gasteiger partial charge in [0.15, 0.2) is 0 Å². The highest BCUT2D eigenvalue weighted by atomic mass is 35.5. The van der Waals surface area contributed by atoms with E-state index in [4.69, 9.17) is 16.3 Å². The fraction of sp³-hybridized carbons (Fsp3) is 0.136. The Labute approximate surface area is 162 Å². The van der Waals surface area contributed by atoms with E-state index in [1.165, 1.54) is 12.1 Å². The lowest BCUT2D eigenvalue weighted by Crippen LogP contribution is -2.60. The quantitative estimate of drug-likeness (QED) is 0.660. The third-order valence-corrected chi connectivity index (χ3v) is 4.91. The van der Waals surface area contributed by atoms with Gasteiger partial charge >= 0.3 is 0 Å². The van der Waals surface area contributed by atoms with Crippen LogP contribution in [0.3, 0.4) is 0 Å². The number of amides is 1. The summed E-state index contributed by atoms with van der Waals surface area (Å²) in [4.78, 5) is 14.6. The maximum atomic E-state index is 12.8. The van der Waals surface area contributed by atoms with Gasteiger partial charge in [0.1, 0.15) is 17.5 Å². The topological polar surface area (TPSA) is 49.8 Å². The first kappa shape index (κ1) is 17.4. The summed E-state index contributed by atoms with van der Waals surface area (Å²) in [7, 11) is 0. The Morgan fingerprint density at radius 1 is 0.926 bits per heavy atom. The second-order valence-corrected chi connectivity index (χ2v) is 6.92. The van der Waals surface area contributed by atoms with Crippen LogP contribution in [0.1, 0.15) is 17.2 Å². The van der Waals surface area contributed by atoms with Crippen LogP contribution in [-0.2, 0) is 11.3 Å². The van der Waals surface area contributed by atoms with Gasteiger partial charge in [-0.3, -0.25) is 4.79 Å². The van der Waals surface area contributed by atoms with E-state index in [9.17, 15) is 9.90 Å². The Kier molecular flexibility index (Phi) is 4.73. The minimum atomic E-state index is -0.612. The summed E-state index contributed by atoms with van der Waals surface area (Å²) in [6, 6.07) is 23.5. The third kappa shape index (κ3) is 3.62. The van der Waals surface area contributed by atoms with E-state index in [1.807, 2.05) is 59.5 Å². The number of hydrogen-bond donors (Lipinski definition) is 1. The van der Waals surface area contributed by atoms with E-state index in [2.05, 4.69) is 0 Å². The number of phenolic OH excluding ortho intramolecular Hbond substituents is 1. The van der Waals surface area contributed by atoms with Crippen molar-refractivity contribution in [2.24, 2.45) is 0 Å². The zero-order chi connectivity index (χ0) is 18.8. The second-order valence-electron chi connectivity index (χ2n) is 6.48. The van der Waals surface area contributed by atoms with Crippen LogP contribution in [0.15, 0.2) is 78.9 Å². The molecule has 2 atom stereocenters. The molecule has 136 valence electrons. The average Bonchev–Trinajstić information content (AvgIpc) is 2.70. The Bertz CT molecular complexity index is 926. The molecule has 0 radical (unpaired) electrons. The summed E-state index contributed by atoms with van der Waals surface area (Å²) in [6.07, 6.45) is -0.612. The number of β-lactam (4-membered cyclic amide) rings is 1. The smallest absolute Gasteiger partial charge is 0.267 e. The molecule has 5 heteroatoms. The van der Waals surface area contributed by atoms with Crippen molar-refractivity contribution in [1.29, 1.82) is 0 Å². The Hall–Kier alpha value is -2.98. The maximum Gasteiger partial charge on any atom is 0.267 e. The van der Waals surface area contributed by atoms with E-state index in [0.29, 0.717) is 17.3 Å². The fourth-order valence-corrected chi connectivity index (χ4v) is 3.40. The van der Waals surface area contributed by atoms with Gasteiger partial charge in [-0.05, 0) is 47.5 Å². The fourth-order valence-electron chi connectivity index (χ4n) is 3.27. The second kappa shape index (κ2) is 7.33. The lowest BCUT2D eigenvalue weighted by Gasteiger charge is -2.46. The number of hydrogen-bond acceptors (Lipinski definition) is 3. The first-order valence-electron chi connectivity index (χ1n) is 8.67. The van der Waals surface area contributed by atoms with Crippen LogP contribution >= 0.6 is 11.6 Å². The van der Waals surface area contributed by atoms with Gasteiger partial charge in [0.2, 0.25) is 6.10 Å². The predicted octanol–water partition coefficient (Wildman–Crippen LogP) is 4.58. The molecule has 0 spiro atoms. The summed E-state index contributed by atoms with van der Waals surface area (Å²) in [6.45, 7) is 0.516. The zero-order valence-electron chi connectivity index (χ0n) is 14.5. The number of halogens is 1. The van der Waals surface area contributed by atoms with Gasteiger partial charge < -0.3 is 14.7 Å². The van der Waals surface area contributed by atoms with E-state index in [0.717, 1.165) is 11.1 Å². The molecule has 3 aromatic rings. The molecule has 1 fully saturated rings. The summed E-state index contributed by atoms with van der Waals surface area (Å²) >= 11 is 6.02. The number of carbonyl (C=O) groups is 1. The van der Waals surface area contributed by atoms with Gasteiger partial charge in [0.05, 0.1) is 0 Å². The molecule has 0 aliphatic carbocycles. The van der Waals surface area contributed by atoms with Gasteiger partial charge in [0.25, 0.3) is 5.91 Å². The van der Waals surface area contributed by atoms with Crippen molar-refractivity contribution >= 4 is 17.5 Å². The van der Waals surface area contributed by atoms with Crippen LogP contribution < -0.4 is 4.74 Å². The Balaban J connectivity index is 1.60. The van der Waals surface area contributed by atoms with E-state index in [1.54, 1.807) is 12.1 Å². The minimum absolute atomic E-state index is 0.0631. The van der Waals surface area contributed by atoms with E-state index >= 15 is 0 Å². The molecule has 1 heterocycles. The number of aromatic hydroxyl groups is 1. The molecular weight excluding hydrogens is 362 g/mol. The largest absolute Gasteiger partial charge is 0.508 e. The highest BCUT2D eigenvalue weighted by Gasteiger charge is 2.50. The predicted molar refractivity (Wildman–Crippen MR) is 104 cm³/mol. The SMILES string of the molecule is O=C1[C@H](Oc2ccc(O)cc2)[C@H](c2ccc(Cl)cc2)N1Cc1ccccc1. The van der Waals surface area contributed by atoms with Crippen molar-refractivity contribution in [3.8, 4) is 11.5 Å². The van der Waals surface area contributed by atoms with Crippen molar-refractivity contribution in [3.05, 3.63) is 95.0 Å². The highest BCUT2D eigenvalue weighted by Crippen LogP contribution is 2.39. The number of rotatable bonds is 5. The van der Waals surface area contributed by atoms with Crippen LogP contribution in [0.25, 0.3) is 0 Å². The van der Waals surface area contributed by atoms with Crippen molar-refractivity contribution in [3.63, 3.8) is 0 Å². The molecule has 0 aromatic heterocycles. The highest BCUT2D eigenvalue weighted by molar-refractivity contribution is 6.30. The number of benzene rings is 3. The van der Waals surface area contributed by atoms with Gasteiger partial charge in [-0.2, -0.15) is 0 Å². The Morgan fingerprint density at radius 3 is 2.26 bits per heavy atom. The van der Waals surface area contributed by atoms with Crippen molar-refractivity contribution in [2.45, 2.75) is 18.7 Å². The average molecular weight is 380 g/mol. The molecule has 1 N–H and O–H groups in total. The maximum absolute atomic E-state index is 12.8. The summed E-state index contributed by atoms with van der Waals surface area (Å²) < 4.78 is 5.95. The van der Waals surface area contributed by atoms with Crippen molar-refractivity contribution in [2.75, 3.05) is 0 Å². The number of carbonyl (C=O) groups excluding carboxylic acids is 1. The molecule has 1 amide bonds. The van der Waals surface area contributed by atoms with Crippen LogP contribution in [0, 0.1) is 0 Å². The molecule has 0 saturated carbocycles. The number of nitrogens with zero attached hydrogens (tertiary/aromatic N) is 1. The van der Waals surface area contributed by atoms with Gasteiger partial charge in [0, 0.05) is 11.6 Å². The van der Waals surface area contributed by atoms with Crippen molar-refractivity contribution < 1.29 is 14.6 Å². The molecule has 4 rings (SSSR count). The van der Waals surface area contributed by atoms with Crippen molar-refractivity contribution in [1.82, 2.24) is 4.90 Å². The van der Waals surface area contributed by atoms with Gasteiger partial charge in [-0.15, -0.1) is 0 Å². The molecule has 1 aliphatic rings. The normalized spacial score (nSPS) is 18.9. The van der Waals surface area contributed by atoms with Crippen LogP contribution in [-0.4, -0.2) is 22.0 Å². The standard InChI is InChI=1S/C22H18ClNO3/c23-17-8-6-16(7-9-17)20-21(27-19-12-10-18(25)11-13-19)22(26)24(20)14-15-4-2-1-3-5-15/h1-13,20-21,25H,14H2/t20-,21+/m0/s1. The zero-order valence-corrected chi connectivity index (χ0v) is 15.2. The molecule has 4 nitrogen and oxygen atoms in total. The molecule has 1 saturated heterocycles. The lowest BCUT2D eigenvalue weighted by atomic mass is 9.90. The van der Waals surface area contributed by atoms with Crippen LogP contribution in [0.2, 0.25) is 5.02 Å². The minimum Gasteiger partial charge on any atom is -0.508 e. The van der Waals surface area contributed by atoms with Gasteiger partial charge in [-0.1, -0.05) is 54.1 Å². The molecular formula is C22H18ClNO3. The van der Waals surface area contributed by atoms with Crippen LogP contribution in [0.5, 0.6) is 11.5 Å². The van der Waals surface area contributed by atoms with Gasteiger partial charge in [-0.25, -0.2) is 0 Å². The summed E-state index contributed by atoms with van der Waals surface area (Å²) in [5.74, 6) is 0.638. The Morgan fingerprint density at radius 2 is 1.59 bits per heavy atom.